The number of hydrogen-bond donors (Lipinski definition) is 1. The van der Waals surface area contributed by atoms with Gasteiger partial charge >= 0.3 is 6.55 Å². The van der Waals surface area contributed by atoms with Crippen LogP contribution in [0.1, 0.15) is 40.9 Å². The molecular weight excluding hydrogens is 591 g/mol. The molecule has 2 aromatic carbocycles. The average molecular weight is 618 g/mol. The number of amides is 2. The van der Waals surface area contributed by atoms with Crippen molar-refractivity contribution in [2.24, 2.45) is 5.92 Å². The van der Waals surface area contributed by atoms with Crippen molar-refractivity contribution in [3.05, 3.63) is 83.9 Å². The summed E-state index contributed by atoms with van der Waals surface area (Å²) in [5, 5.41) is 14.0. The van der Waals surface area contributed by atoms with Gasteiger partial charge in [-0.05, 0) is 47.5 Å². The molecule has 2 aliphatic rings. The zero-order chi connectivity index (χ0) is 31.1. The molecule has 0 bridgehead atoms. The molecule has 1 aliphatic carbocycles. The Morgan fingerprint density at radius 1 is 1.00 bits per heavy atom. The van der Waals surface area contributed by atoms with E-state index in [9.17, 15) is 22.8 Å². The molecule has 12 nitrogen and oxygen atoms in total. The standard InChI is InChI=1S/C30H26F3N9O3/c31-21-16-20(21)27(43)35-19-6-7-24-22(15-19)36-28(45-24)18-8-9-34-23(14-18)29(44)41-12-10-40(11-13-41)25(17-4-2-1-3-5-17)26-37-39-42(38-26)30(32)33/h1-9,14-15,20-21,25,30H,10-13,16H2,(H,35,43)/t20-,21+,25+/m1/s1. The highest BCUT2D eigenvalue weighted by Crippen LogP contribution is 2.35. The minimum atomic E-state index is -2.90. The Morgan fingerprint density at radius 3 is 2.49 bits per heavy atom. The minimum Gasteiger partial charge on any atom is -0.436 e. The Morgan fingerprint density at radius 2 is 1.78 bits per heavy atom. The summed E-state index contributed by atoms with van der Waals surface area (Å²) in [7, 11) is 0. The van der Waals surface area contributed by atoms with Gasteiger partial charge in [-0.1, -0.05) is 35.1 Å². The number of pyridine rings is 1. The van der Waals surface area contributed by atoms with Crippen molar-refractivity contribution in [1.29, 1.82) is 0 Å². The summed E-state index contributed by atoms with van der Waals surface area (Å²) in [6.07, 6.45) is 0.651. The number of benzene rings is 2. The first-order chi connectivity index (χ1) is 21.8. The number of hydrogen-bond acceptors (Lipinski definition) is 9. The van der Waals surface area contributed by atoms with Crippen molar-refractivity contribution < 1.29 is 27.2 Å². The van der Waals surface area contributed by atoms with Crippen molar-refractivity contribution in [2.75, 3.05) is 31.5 Å². The molecule has 1 saturated carbocycles. The molecule has 5 aromatic rings. The fraction of sp³-hybridized carbons (Fsp3) is 0.300. The normalized spacial score (nSPS) is 19.2. The molecule has 7 rings (SSSR count). The van der Waals surface area contributed by atoms with E-state index in [-0.39, 0.29) is 40.4 Å². The van der Waals surface area contributed by atoms with Gasteiger partial charge in [0.2, 0.25) is 11.8 Å². The Bertz CT molecular complexity index is 1860. The van der Waals surface area contributed by atoms with E-state index in [1.54, 1.807) is 35.2 Å². The second kappa shape index (κ2) is 11.7. The maximum Gasteiger partial charge on any atom is 0.350 e. The van der Waals surface area contributed by atoms with Crippen molar-refractivity contribution in [2.45, 2.75) is 25.2 Å². The predicted octanol–water partition coefficient (Wildman–Crippen LogP) is 4.12. The highest BCUT2D eigenvalue weighted by molar-refractivity contribution is 5.96. The minimum absolute atomic E-state index is 0.153. The van der Waals surface area contributed by atoms with Gasteiger partial charge in [-0.2, -0.15) is 8.78 Å². The number of anilines is 1. The predicted molar refractivity (Wildman–Crippen MR) is 154 cm³/mol. The van der Waals surface area contributed by atoms with E-state index < -0.39 is 24.7 Å². The van der Waals surface area contributed by atoms with E-state index in [1.165, 1.54) is 6.20 Å². The van der Waals surface area contributed by atoms with Gasteiger partial charge in [-0.15, -0.1) is 10.2 Å². The number of carbonyl (C=O) groups excluding carboxylic acids is 2. The summed E-state index contributed by atoms with van der Waals surface area (Å²) in [6.45, 7) is -1.31. The van der Waals surface area contributed by atoms with Gasteiger partial charge in [0.25, 0.3) is 5.91 Å². The van der Waals surface area contributed by atoms with Gasteiger partial charge < -0.3 is 14.6 Å². The molecule has 1 N–H and O–H groups in total. The summed E-state index contributed by atoms with van der Waals surface area (Å²) in [4.78, 5) is 38.4. The van der Waals surface area contributed by atoms with Crippen LogP contribution in [0, 0.1) is 5.92 Å². The van der Waals surface area contributed by atoms with Gasteiger partial charge in [0.1, 0.15) is 17.4 Å². The highest BCUT2D eigenvalue weighted by atomic mass is 19.3. The number of rotatable bonds is 8. The van der Waals surface area contributed by atoms with E-state index in [1.807, 2.05) is 35.2 Å². The fourth-order valence-corrected chi connectivity index (χ4v) is 5.41. The molecule has 2 fully saturated rings. The third kappa shape index (κ3) is 5.85. The Balaban J connectivity index is 1.05. The number of fused-ring (bicyclic) bond motifs is 1. The van der Waals surface area contributed by atoms with Crippen LogP contribution in [-0.4, -0.2) is 84.1 Å². The van der Waals surface area contributed by atoms with Crippen LogP contribution >= 0.6 is 0 Å². The second-order valence-corrected chi connectivity index (χ2v) is 10.9. The zero-order valence-corrected chi connectivity index (χ0v) is 23.6. The summed E-state index contributed by atoms with van der Waals surface area (Å²) in [5.41, 5.74) is 3.04. The monoisotopic (exact) mass is 617 g/mol. The van der Waals surface area contributed by atoms with Crippen LogP contribution in [-0.2, 0) is 4.79 Å². The van der Waals surface area contributed by atoms with E-state index in [4.69, 9.17) is 4.42 Å². The molecule has 45 heavy (non-hydrogen) atoms. The fourth-order valence-electron chi connectivity index (χ4n) is 5.41. The number of aromatic nitrogens is 6. The maximum absolute atomic E-state index is 13.5. The molecule has 3 aromatic heterocycles. The van der Waals surface area contributed by atoms with Gasteiger partial charge in [0.05, 0.1) is 12.0 Å². The van der Waals surface area contributed by atoms with Crippen LogP contribution in [0.3, 0.4) is 0 Å². The first-order valence-corrected chi connectivity index (χ1v) is 14.3. The lowest BCUT2D eigenvalue weighted by Gasteiger charge is -2.38. The number of oxazole rings is 1. The molecule has 3 atom stereocenters. The van der Waals surface area contributed by atoms with Crippen LogP contribution in [0.4, 0.5) is 18.9 Å². The molecule has 2 amide bonds. The van der Waals surface area contributed by atoms with Crippen LogP contribution in [0.2, 0.25) is 0 Å². The summed E-state index contributed by atoms with van der Waals surface area (Å²) >= 11 is 0. The Labute approximate surface area is 253 Å². The number of nitrogens with one attached hydrogen (secondary N) is 1. The molecule has 230 valence electrons. The van der Waals surface area contributed by atoms with Gasteiger partial charge in [0.15, 0.2) is 11.4 Å². The highest BCUT2D eigenvalue weighted by Gasteiger charge is 2.43. The number of piperazine rings is 1. The SMILES string of the molecule is O=C(Nc1ccc2oc(-c3ccnc(C(=O)N4CCN([C@@H](c5ccccc5)c5nnn(C(F)F)n5)CC4)c3)nc2c1)[C@@H]1C[C@@H]1F. The summed E-state index contributed by atoms with van der Waals surface area (Å²) in [5.74, 6) is -0.824. The maximum atomic E-state index is 13.5. The van der Waals surface area contributed by atoms with Crippen LogP contribution < -0.4 is 5.32 Å². The van der Waals surface area contributed by atoms with Crippen molar-refractivity contribution in [1.82, 2.24) is 40.0 Å². The van der Waals surface area contributed by atoms with Crippen LogP contribution in [0.15, 0.2) is 71.3 Å². The molecule has 0 radical (unpaired) electrons. The zero-order valence-electron chi connectivity index (χ0n) is 23.6. The molecular formula is C30H26F3N9O3. The Kier molecular flexibility index (Phi) is 7.45. The Hall–Kier alpha value is -5.18. The smallest absolute Gasteiger partial charge is 0.350 e. The van der Waals surface area contributed by atoms with E-state index in [0.29, 0.717) is 48.5 Å². The van der Waals surface area contributed by atoms with Crippen LogP contribution in [0.5, 0.6) is 0 Å². The largest absolute Gasteiger partial charge is 0.436 e. The van der Waals surface area contributed by atoms with Crippen molar-refractivity contribution >= 4 is 28.6 Å². The number of alkyl halides is 3. The van der Waals surface area contributed by atoms with Gasteiger partial charge in [0, 0.05) is 43.6 Å². The van der Waals surface area contributed by atoms with Crippen molar-refractivity contribution in [3.63, 3.8) is 0 Å². The summed E-state index contributed by atoms with van der Waals surface area (Å²) in [6, 6.07) is 17.1. The lowest BCUT2D eigenvalue weighted by molar-refractivity contribution is -0.117. The third-order valence-corrected chi connectivity index (χ3v) is 7.88. The average Bonchev–Trinajstić information content (AvgIpc) is 3.40. The number of halogens is 3. The third-order valence-electron chi connectivity index (χ3n) is 7.88. The van der Waals surface area contributed by atoms with E-state index >= 15 is 0 Å². The lowest BCUT2D eigenvalue weighted by Crippen LogP contribution is -2.50. The molecule has 15 heteroatoms. The second-order valence-electron chi connectivity index (χ2n) is 10.9. The number of tetrazole rings is 1. The topological polar surface area (TPSA) is 135 Å². The number of carbonyl (C=O) groups is 2. The van der Waals surface area contributed by atoms with E-state index in [2.05, 4.69) is 30.7 Å². The molecule has 0 spiro atoms. The van der Waals surface area contributed by atoms with E-state index in [0.717, 1.165) is 5.56 Å². The van der Waals surface area contributed by atoms with Crippen molar-refractivity contribution in [3.8, 4) is 11.5 Å². The van der Waals surface area contributed by atoms with Crippen LogP contribution in [0.25, 0.3) is 22.6 Å². The molecule has 4 heterocycles. The number of nitrogens with zero attached hydrogens (tertiary/aromatic N) is 8. The van der Waals surface area contributed by atoms with Gasteiger partial charge in [-0.3, -0.25) is 19.5 Å². The lowest BCUT2D eigenvalue weighted by atomic mass is 10.0. The first kappa shape index (κ1) is 28.6. The molecule has 1 saturated heterocycles. The summed E-state index contributed by atoms with van der Waals surface area (Å²) < 4.78 is 45.5. The quantitative estimate of drug-likeness (QED) is 0.273. The molecule has 1 aliphatic heterocycles. The van der Waals surface area contributed by atoms with Gasteiger partial charge in [-0.25, -0.2) is 9.37 Å². The first-order valence-electron chi connectivity index (χ1n) is 14.3. The molecule has 0 unspecified atom stereocenters.